The first-order valence-corrected chi connectivity index (χ1v) is 6.27. The van der Waals surface area contributed by atoms with Gasteiger partial charge in [0.15, 0.2) is 0 Å². The molecule has 0 bridgehead atoms. The van der Waals surface area contributed by atoms with Gasteiger partial charge in [0.25, 0.3) is 0 Å². The first-order chi connectivity index (χ1) is 7.61. The van der Waals surface area contributed by atoms with Crippen molar-refractivity contribution in [2.45, 2.75) is 39.7 Å². The van der Waals surface area contributed by atoms with E-state index >= 15 is 0 Å². The van der Waals surface area contributed by atoms with Gasteiger partial charge in [-0.05, 0) is 42.7 Å². The molecule has 1 aromatic heterocycles. The number of halogens is 1. The van der Waals surface area contributed by atoms with Crippen molar-refractivity contribution in [1.29, 1.82) is 0 Å². The summed E-state index contributed by atoms with van der Waals surface area (Å²) >= 11 is 5.99. The molecule has 0 aliphatic heterocycles. The van der Waals surface area contributed by atoms with Crippen LogP contribution in [0.4, 0.5) is 0 Å². The molecule has 0 saturated heterocycles. The van der Waals surface area contributed by atoms with Crippen LogP contribution >= 0.6 is 11.6 Å². The van der Waals surface area contributed by atoms with E-state index in [0.29, 0.717) is 11.1 Å². The van der Waals surface area contributed by atoms with Crippen LogP contribution in [0.1, 0.15) is 37.1 Å². The fourth-order valence-electron chi connectivity index (χ4n) is 2.40. The number of aryl methyl sites for hydroxylation is 1. The van der Waals surface area contributed by atoms with Crippen molar-refractivity contribution in [1.82, 2.24) is 4.98 Å². The molecule has 1 N–H and O–H groups in total. The summed E-state index contributed by atoms with van der Waals surface area (Å²) in [6.45, 7) is 4.52. The van der Waals surface area contributed by atoms with Crippen molar-refractivity contribution in [3.63, 3.8) is 0 Å². The van der Waals surface area contributed by atoms with E-state index in [9.17, 15) is 5.11 Å². The van der Waals surface area contributed by atoms with E-state index in [2.05, 4.69) is 18.8 Å². The molecule has 1 unspecified atom stereocenters. The number of rotatable bonds is 2. The molecule has 0 aromatic carbocycles. The van der Waals surface area contributed by atoms with Crippen LogP contribution in [0.3, 0.4) is 0 Å². The van der Waals surface area contributed by atoms with E-state index in [4.69, 9.17) is 11.6 Å². The summed E-state index contributed by atoms with van der Waals surface area (Å²) in [7, 11) is 0. The first kappa shape index (κ1) is 11.9. The summed E-state index contributed by atoms with van der Waals surface area (Å²) in [4.78, 5) is 4.38. The second kappa shape index (κ2) is 4.72. The van der Waals surface area contributed by atoms with Crippen molar-refractivity contribution in [3.05, 3.63) is 28.0 Å². The molecule has 0 radical (unpaired) electrons. The van der Waals surface area contributed by atoms with Crippen LogP contribution in [-0.4, -0.2) is 10.1 Å². The van der Waals surface area contributed by atoms with Crippen molar-refractivity contribution in [3.8, 4) is 0 Å². The topological polar surface area (TPSA) is 33.1 Å². The Hall–Kier alpha value is -0.600. The van der Waals surface area contributed by atoms with E-state index in [-0.39, 0.29) is 6.61 Å². The zero-order valence-corrected chi connectivity index (χ0v) is 10.6. The van der Waals surface area contributed by atoms with E-state index in [1.54, 1.807) is 0 Å². The minimum absolute atomic E-state index is 0.0224. The number of fused-ring (bicyclic) bond motifs is 1. The molecular formula is C13H18ClNO. The Kier molecular flexibility index (Phi) is 3.50. The van der Waals surface area contributed by atoms with Gasteiger partial charge in [0.2, 0.25) is 0 Å². The third kappa shape index (κ3) is 2.23. The highest BCUT2D eigenvalue weighted by atomic mass is 35.5. The van der Waals surface area contributed by atoms with Gasteiger partial charge in [0.05, 0.1) is 6.61 Å². The molecule has 2 nitrogen and oxygen atoms in total. The molecule has 88 valence electrons. The summed E-state index contributed by atoms with van der Waals surface area (Å²) in [5.74, 6) is 1.45. The Morgan fingerprint density at radius 2 is 2.31 bits per heavy atom. The van der Waals surface area contributed by atoms with Crippen LogP contribution in [0, 0.1) is 11.8 Å². The quantitative estimate of drug-likeness (QED) is 0.805. The maximum Gasteiger partial charge on any atom is 0.134 e. The molecule has 2 rings (SSSR count). The molecule has 1 atom stereocenters. The van der Waals surface area contributed by atoms with E-state index < -0.39 is 0 Å². The average molecular weight is 240 g/mol. The Balaban J connectivity index is 2.30. The third-order valence-electron chi connectivity index (χ3n) is 3.56. The van der Waals surface area contributed by atoms with Gasteiger partial charge in [-0.15, -0.1) is 0 Å². The molecular weight excluding hydrogens is 222 g/mol. The number of nitrogens with zero attached hydrogens (tertiary/aromatic N) is 1. The zero-order chi connectivity index (χ0) is 11.7. The van der Waals surface area contributed by atoms with Crippen LogP contribution in [0.5, 0.6) is 0 Å². The van der Waals surface area contributed by atoms with Crippen molar-refractivity contribution in [2.24, 2.45) is 11.8 Å². The van der Waals surface area contributed by atoms with Gasteiger partial charge >= 0.3 is 0 Å². The minimum atomic E-state index is -0.0224. The van der Waals surface area contributed by atoms with Gasteiger partial charge < -0.3 is 5.11 Å². The van der Waals surface area contributed by atoms with Crippen LogP contribution in [0.2, 0.25) is 5.15 Å². The Bertz CT molecular complexity index is 390. The SMILES string of the molecule is CC(C)C1CCc2nc(Cl)c(CO)cc2C1. The monoisotopic (exact) mass is 239 g/mol. The van der Waals surface area contributed by atoms with Crippen molar-refractivity contribution >= 4 is 11.6 Å². The second-order valence-electron chi connectivity index (χ2n) is 4.95. The lowest BCUT2D eigenvalue weighted by Crippen LogP contribution is -2.20. The Morgan fingerprint density at radius 1 is 1.56 bits per heavy atom. The second-order valence-corrected chi connectivity index (χ2v) is 5.31. The lowest BCUT2D eigenvalue weighted by Gasteiger charge is -2.27. The summed E-state index contributed by atoms with van der Waals surface area (Å²) in [5.41, 5.74) is 3.15. The summed E-state index contributed by atoms with van der Waals surface area (Å²) in [6.07, 6.45) is 3.29. The molecule has 0 amide bonds. The van der Waals surface area contributed by atoms with E-state index in [1.807, 2.05) is 6.07 Å². The molecule has 0 fully saturated rings. The van der Waals surface area contributed by atoms with Crippen molar-refractivity contribution in [2.75, 3.05) is 0 Å². The van der Waals surface area contributed by atoms with Crippen LogP contribution in [0.15, 0.2) is 6.07 Å². The summed E-state index contributed by atoms with van der Waals surface area (Å²) in [6, 6.07) is 2.03. The maximum absolute atomic E-state index is 9.17. The number of hydrogen-bond acceptors (Lipinski definition) is 2. The minimum Gasteiger partial charge on any atom is -0.392 e. The summed E-state index contributed by atoms with van der Waals surface area (Å²) in [5, 5.41) is 9.63. The molecule has 1 aliphatic rings. The normalized spacial score (nSPS) is 19.9. The fraction of sp³-hybridized carbons (Fsp3) is 0.615. The van der Waals surface area contributed by atoms with E-state index in [1.165, 1.54) is 12.0 Å². The number of pyridine rings is 1. The highest BCUT2D eigenvalue weighted by Crippen LogP contribution is 2.31. The molecule has 0 spiro atoms. The maximum atomic E-state index is 9.17. The Morgan fingerprint density at radius 3 is 2.94 bits per heavy atom. The molecule has 16 heavy (non-hydrogen) atoms. The number of aliphatic hydroxyl groups excluding tert-OH is 1. The standard InChI is InChI=1S/C13H18ClNO/c1-8(2)9-3-4-12-10(5-9)6-11(7-16)13(14)15-12/h6,8-9,16H,3-5,7H2,1-2H3. The molecule has 1 aromatic rings. The van der Waals surface area contributed by atoms with E-state index in [0.717, 1.165) is 30.0 Å². The smallest absolute Gasteiger partial charge is 0.134 e. The predicted molar refractivity (Wildman–Crippen MR) is 65.5 cm³/mol. The number of aromatic nitrogens is 1. The Labute approximate surface area is 102 Å². The highest BCUT2D eigenvalue weighted by molar-refractivity contribution is 6.30. The lowest BCUT2D eigenvalue weighted by atomic mass is 9.80. The van der Waals surface area contributed by atoms with Crippen LogP contribution in [-0.2, 0) is 19.4 Å². The average Bonchev–Trinajstić information content (AvgIpc) is 2.27. The van der Waals surface area contributed by atoms with Gasteiger partial charge in [-0.1, -0.05) is 25.4 Å². The van der Waals surface area contributed by atoms with Gasteiger partial charge in [-0.3, -0.25) is 0 Å². The van der Waals surface area contributed by atoms with Crippen LogP contribution in [0.25, 0.3) is 0 Å². The van der Waals surface area contributed by atoms with Gasteiger partial charge in [0.1, 0.15) is 5.15 Å². The zero-order valence-electron chi connectivity index (χ0n) is 9.83. The highest BCUT2D eigenvalue weighted by Gasteiger charge is 2.23. The number of aliphatic hydroxyl groups is 1. The summed E-state index contributed by atoms with van der Waals surface area (Å²) < 4.78 is 0. The first-order valence-electron chi connectivity index (χ1n) is 5.89. The molecule has 3 heteroatoms. The molecule has 1 heterocycles. The molecule has 0 saturated carbocycles. The largest absolute Gasteiger partial charge is 0.392 e. The van der Waals surface area contributed by atoms with Gasteiger partial charge in [-0.25, -0.2) is 4.98 Å². The van der Waals surface area contributed by atoms with Crippen LogP contribution < -0.4 is 0 Å². The predicted octanol–water partition coefficient (Wildman–Crippen LogP) is 2.99. The van der Waals surface area contributed by atoms with Gasteiger partial charge in [-0.2, -0.15) is 0 Å². The fourth-order valence-corrected chi connectivity index (χ4v) is 2.61. The molecule has 1 aliphatic carbocycles. The number of hydrogen-bond donors (Lipinski definition) is 1. The van der Waals surface area contributed by atoms with Gasteiger partial charge in [0, 0.05) is 11.3 Å². The third-order valence-corrected chi connectivity index (χ3v) is 3.89. The van der Waals surface area contributed by atoms with Crippen molar-refractivity contribution < 1.29 is 5.11 Å². The lowest BCUT2D eigenvalue weighted by molar-refractivity contribution is 0.280.